The molecule has 1 aliphatic carbocycles. The summed E-state index contributed by atoms with van der Waals surface area (Å²) in [7, 11) is 0. The molecule has 2 fully saturated rings. The van der Waals surface area contributed by atoms with Gasteiger partial charge in [0.2, 0.25) is 11.9 Å². The summed E-state index contributed by atoms with van der Waals surface area (Å²) in [5.74, 6) is -0.467. The number of hydrogen-bond acceptors (Lipinski definition) is 7. The van der Waals surface area contributed by atoms with Crippen molar-refractivity contribution in [1.82, 2.24) is 0 Å². The van der Waals surface area contributed by atoms with Crippen LogP contribution in [0.15, 0.2) is 28.2 Å². The minimum Gasteiger partial charge on any atom is -0.478 e. The first-order chi connectivity index (χ1) is 13.5. The van der Waals surface area contributed by atoms with E-state index in [0.717, 1.165) is 63.7 Å². The van der Waals surface area contributed by atoms with Gasteiger partial charge in [-0.05, 0) is 63.1 Å². The molecule has 8 nitrogen and oxygen atoms in total. The van der Waals surface area contributed by atoms with Crippen LogP contribution in [0.3, 0.4) is 0 Å². The molecule has 0 radical (unpaired) electrons. The standard InChI is InChI=1S/C20H28N6O2/c21-18-23-19(22)26(20(24-18)9-3-1-4-10-20)14-7-8-16(15(13-14)17(27)28)25-11-5-2-6-12-25/h7-8,13H,1-6,9-12H2,(H,27,28)(H4,21,22,23,24). The van der Waals surface area contributed by atoms with Crippen LogP contribution in [0.25, 0.3) is 0 Å². The van der Waals surface area contributed by atoms with E-state index in [1.807, 2.05) is 17.0 Å². The van der Waals surface area contributed by atoms with Crippen LogP contribution in [-0.2, 0) is 0 Å². The SMILES string of the molecule is NC1=NC2(CCCCC2)N(c2ccc(N3CCCCC3)c(C(=O)O)c2)C(N)=N1. The minimum atomic E-state index is -0.935. The Balaban J connectivity index is 1.76. The number of nitrogens with two attached hydrogens (primary N) is 2. The third-order valence-corrected chi connectivity index (χ3v) is 6.02. The average Bonchev–Trinajstić information content (AvgIpc) is 2.68. The van der Waals surface area contributed by atoms with E-state index in [-0.39, 0.29) is 11.9 Å². The van der Waals surface area contributed by atoms with Gasteiger partial charge >= 0.3 is 5.97 Å². The fourth-order valence-corrected chi connectivity index (χ4v) is 4.74. The number of hydrogen-bond donors (Lipinski definition) is 3. The van der Waals surface area contributed by atoms with E-state index < -0.39 is 11.6 Å². The highest BCUT2D eigenvalue weighted by molar-refractivity contribution is 6.06. The van der Waals surface area contributed by atoms with Crippen LogP contribution in [0.5, 0.6) is 0 Å². The summed E-state index contributed by atoms with van der Waals surface area (Å²) in [6, 6.07) is 5.55. The molecule has 0 atom stereocenters. The van der Waals surface area contributed by atoms with Crippen molar-refractivity contribution in [1.29, 1.82) is 0 Å². The molecule has 1 spiro atoms. The van der Waals surface area contributed by atoms with Gasteiger partial charge < -0.3 is 21.5 Å². The maximum atomic E-state index is 12.0. The van der Waals surface area contributed by atoms with Gasteiger partial charge in [0.1, 0.15) is 5.66 Å². The Labute approximate surface area is 164 Å². The molecule has 0 unspecified atom stereocenters. The topological polar surface area (TPSA) is 121 Å². The van der Waals surface area contributed by atoms with Gasteiger partial charge in [-0.15, -0.1) is 0 Å². The highest BCUT2D eigenvalue weighted by Gasteiger charge is 2.42. The summed E-state index contributed by atoms with van der Waals surface area (Å²) < 4.78 is 0. The molecule has 2 heterocycles. The number of nitrogens with zero attached hydrogens (tertiary/aromatic N) is 4. The maximum absolute atomic E-state index is 12.0. The number of guanidine groups is 2. The first kappa shape index (κ1) is 18.6. The van der Waals surface area contributed by atoms with Gasteiger partial charge in [-0.1, -0.05) is 6.42 Å². The Hall–Kier alpha value is -2.77. The Kier molecular flexibility index (Phi) is 4.87. The smallest absolute Gasteiger partial charge is 0.337 e. The molecule has 4 rings (SSSR count). The molecule has 3 aliphatic rings. The second-order valence-electron chi connectivity index (χ2n) is 7.87. The molecule has 1 aromatic carbocycles. The molecule has 1 saturated heterocycles. The molecule has 2 aliphatic heterocycles. The van der Waals surface area contributed by atoms with E-state index in [4.69, 9.17) is 11.5 Å². The van der Waals surface area contributed by atoms with Crippen molar-refractivity contribution in [3.8, 4) is 0 Å². The molecule has 5 N–H and O–H groups in total. The Morgan fingerprint density at radius 3 is 2.39 bits per heavy atom. The number of piperidine rings is 1. The second kappa shape index (κ2) is 7.33. The Morgan fingerprint density at radius 1 is 1.04 bits per heavy atom. The first-order valence-electron chi connectivity index (χ1n) is 10.1. The van der Waals surface area contributed by atoms with Gasteiger partial charge in [-0.2, -0.15) is 4.99 Å². The molecule has 1 saturated carbocycles. The monoisotopic (exact) mass is 384 g/mol. The van der Waals surface area contributed by atoms with Gasteiger partial charge in [-0.25, -0.2) is 9.79 Å². The lowest BCUT2D eigenvalue weighted by Crippen LogP contribution is -2.58. The molecule has 28 heavy (non-hydrogen) atoms. The van der Waals surface area contributed by atoms with Crippen LogP contribution in [0, 0.1) is 0 Å². The summed E-state index contributed by atoms with van der Waals surface area (Å²) >= 11 is 0. The highest BCUT2D eigenvalue weighted by atomic mass is 16.4. The van der Waals surface area contributed by atoms with Crippen molar-refractivity contribution in [2.24, 2.45) is 21.5 Å². The van der Waals surface area contributed by atoms with Crippen molar-refractivity contribution in [2.45, 2.75) is 57.0 Å². The van der Waals surface area contributed by atoms with E-state index >= 15 is 0 Å². The van der Waals surface area contributed by atoms with Crippen molar-refractivity contribution in [2.75, 3.05) is 22.9 Å². The number of carboxylic acid groups (broad SMARTS) is 1. The highest BCUT2D eigenvalue weighted by Crippen LogP contribution is 2.40. The van der Waals surface area contributed by atoms with Crippen molar-refractivity contribution >= 4 is 29.3 Å². The summed E-state index contributed by atoms with van der Waals surface area (Å²) in [4.78, 5) is 24.9. The lowest BCUT2D eigenvalue weighted by molar-refractivity contribution is 0.0697. The molecule has 0 amide bonds. The molecule has 0 aromatic heterocycles. The zero-order valence-electron chi connectivity index (χ0n) is 16.1. The molecular formula is C20H28N6O2. The maximum Gasteiger partial charge on any atom is 0.337 e. The minimum absolute atomic E-state index is 0.194. The lowest BCUT2D eigenvalue weighted by atomic mass is 9.87. The van der Waals surface area contributed by atoms with Crippen LogP contribution in [0.2, 0.25) is 0 Å². The van der Waals surface area contributed by atoms with E-state index in [2.05, 4.69) is 14.9 Å². The fourth-order valence-electron chi connectivity index (χ4n) is 4.74. The van der Waals surface area contributed by atoms with Crippen LogP contribution < -0.4 is 21.3 Å². The first-order valence-corrected chi connectivity index (χ1v) is 10.1. The lowest BCUT2D eigenvalue weighted by Gasteiger charge is -2.45. The third kappa shape index (κ3) is 3.27. The van der Waals surface area contributed by atoms with Gasteiger partial charge in [-0.3, -0.25) is 4.90 Å². The summed E-state index contributed by atoms with van der Waals surface area (Å²) in [6.07, 6.45) is 8.21. The van der Waals surface area contributed by atoms with Crippen molar-refractivity contribution in [3.63, 3.8) is 0 Å². The van der Waals surface area contributed by atoms with Gasteiger partial charge in [0.15, 0.2) is 0 Å². The quantitative estimate of drug-likeness (QED) is 0.736. The number of benzene rings is 1. The fraction of sp³-hybridized carbons (Fsp3) is 0.550. The van der Waals surface area contributed by atoms with Crippen molar-refractivity contribution < 1.29 is 9.90 Å². The zero-order chi connectivity index (χ0) is 19.7. The third-order valence-electron chi connectivity index (χ3n) is 6.02. The predicted octanol–water partition coefficient (Wildman–Crippen LogP) is 2.48. The zero-order valence-corrected chi connectivity index (χ0v) is 16.1. The average molecular weight is 384 g/mol. The number of rotatable bonds is 3. The largest absolute Gasteiger partial charge is 0.478 e. The number of anilines is 2. The van der Waals surface area contributed by atoms with E-state index in [1.165, 1.54) is 6.42 Å². The Morgan fingerprint density at radius 2 is 1.71 bits per heavy atom. The van der Waals surface area contributed by atoms with Gasteiger partial charge in [0, 0.05) is 18.8 Å². The van der Waals surface area contributed by atoms with Gasteiger partial charge in [0.05, 0.1) is 11.3 Å². The molecule has 1 aromatic rings. The molecule has 150 valence electrons. The van der Waals surface area contributed by atoms with E-state index in [1.54, 1.807) is 6.07 Å². The van der Waals surface area contributed by atoms with Crippen molar-refractivity contribution in [3.05, 3.63) is 23.8 Å². The van der Waals surface area contributed by atoms with Crippen LogP contribution in [0.4, 0.5) is 11.4 Å². The predicted molar refractivity (Wildman–Crippen MR) is 111 cm³/mol. The number of aliphatic imine (C=N–C) groups is 2. The van der Waals surface area contributed by atoms with E-state index in [0.29, 0.717) is 11.3 Å². The van der Waals surface area contributed by atoms with Gasteiger partial charge in [0.25, 0.3) is 0 Å². The van der Waals surface area contributed by atoms with Crippen LogP contribution in [-0.4, -0.2) is 41.7 Å². The van der Waals surface area contributed by atoms with E-state index in [9.17, 15) is 9.90 Å². The second-order valence-corrected chi connectivity index (χ2v) is 7.87. The van der Waals surface area contributed by atoms with Crippen LogP contribution in [0.1, 0.15) is 61.7 Å². The number of carbonyl (C=O) groups is 1. The number of aromatic carboxylic acids is 1. The summed E-state index contributed by atoms with van der Waals surface area (Å²) in [6.45, 7) is 1.77. The molecule has 8 heteroatoms. The van der Waals surface area contributed by atoms with Crippen LogP contribution >= 0.6 is 0 Å². The summed E-state index contributed by atoms with van der Waals surface area (Å²) in [5.41, 5.74) is 13.4. The Bertz CT molecular complexity index is 822. The molecular weight excluding hydrogens is 356 g/mol. The number of carboxylic acids is 1. The summed E-state index contributed by atoms with van der Waals surface area (Å²) in [5, 5.41) is 9.87. The normalized spacial score (nSPS) is 22.0. The molecule has 0 bridgehead atoms.